The molecule has 33 heavy (non-hydrogen) atoms. The van der Waals surface area contributed by atoms with Crippen LogP contribution in [0.4, 0.5) is 5.95 Å². The molecule has 1 aliphatic rings. The Morgan fingerprint density at radius 1 is 1.06 bits per heavy atom. The largest absolute Gasteiger partial charge is 0.374 e. The number of hydrogen-bond acceptors (Lipinski definition) is 7. The average molecular weight is 458 g/mol. The fourth-order valence-corrected chi connectivity index (χ4v) is 5.02. The molecular formula is C25H23N5O2S. The number of fused-ring (bicyclic) bond motifs is 2. The number of ether oxygens (including phenoxy) is 2. The number of rotatable bonds is 6. The second kappa shape index (κ2) is 8.90. The molecule has 2 atom stereocenters. The first-order valence-electron chi connectivity index (χ1n) is 11.0. The molecule has 0 spiro atoms. The van der Waals surface area contributed by atoms with Crippen molar-refractivity contribution in [2.24, 2.45) is 0 Å². The van der Waals surface area contributed by atoms with Gasteiger partial charge in [0.25, 0.3) is 0 Å². The van der Waals surface area contributed by atoms with Gasteiger partial charge in [-0.1, -0.05) is 42.5 Å². The van der Waals surface area contributed by atoms with E-state index in [-0.39, 0.29) is 12.2 Å². The summed E-state index contributed by atoms with van der Waals surface area (Å²) in [6, 6.07) is 18.4. The van der Waals surface area contributed by atoms with Gasteiger partial charge in [-0.2, -0.15) is 5.10 Å². The smallest absolute Gasteiger partial charge is 0.226 e. The summed E-state index contributed by atoms with van der Waals surface area (Å²) >= 11 is 1.65. The summed E-state index contributed by atoms with van der Waals surface area (Å²) in [4.78, 5) is 11.7. The van der Waals surface area contributed by atoms with Gasteiger partial charge in [-0.3, -0.25) is 5.10 Å². The average Bonchev–Trinajstić information content (AvgIpc) is 3.53. The van der Waals surface area contributed by atoms with Gasteiger partial charge in [0.05, 0.1) is 54.0 Å². The van der Waals surface area contributed by atoms with Gasteiger partial charge in [0, 0.05) is 11.9 Å². The maximum atomic E-state index is 6.55. The Hall–Kier alpha value is -3.33. The molecule has 1 saturated heterocycles. The fraction of sp³-hybridized carbons (Fsp3) is 0.240. The van der Waals surface area contributed by atoms with E-state index in [1.807, 2.05) is 54.2 Å². The third-order valence-corrected chi connectivity index (χ3v) is 6.76. The molecule has 0 bridgehead atoms. The van der Waals surface area contributed by atoms with Crippen LogP contribution in [0.1, 0.15) is 17.2 Å². The van der Waals surface area contributed by atoms with Gasteiger partial charge in [0.1, 0.15) is 6.10 Å². The molecular weight excluding hydrogens is 434 g/mol. The van der Waals surface area contributed by atoms with Crippen molar-refractivity contribution in [3.8, 4) is 0 Å². The van der Waals surface area contributed by atoms with Gasteiger partial charge in [0.2, 0.25) is 5.95 Å². The van der Waals surface area contributed by atoms with Gasteiger partial charge in [-0.05, 0) is 28.6 Å². The molecule has 6 rings (SSSR count). The van der Waals surface area contributed by atoms with E-state index in [1.54, 1.807) is 11.3 Å². The summed E-state index contributed by atoms with van der Waals surface area (Å²) in [7, 11) is 0. The SMILES string of the molecule is c1ccc(COCC2CN(c3ncc4sccc4n3)CC(c3cccc4[nH]ncc34)O2)cc1. The maximum absolute atomic E-state index is 6.55. The second-order valence-electron chi connectivity index (χ2n) is 8.17. The first-order valence-corrected chi connectivity index (χ1v) is 11.9. The predicted molar refractivity (Wildman–Crippen MR) is 129 cm³/mol. The van der Waals surface area contributed by atoms with E-state index < -0.39 is 0 Å². The molecule has 2 unspecified atom stereocenters. The van der Waals surface area contributed by atoms with Crippen LogP contribution in [0.5, 0.6) is 0 Å². The maximum Gasteiger partial charge on any atom is 0.226 e. The molecule has 0 saturated carbocycles. The molecule has 2 aromatic carbocycles. The first-order chi connectivity index (χ1) is 16.3. The number of anilines is 1. The van der Waals surface area contributed by atoms with Gasteiger partial charge in [-0.25, -0.2) is 9.97 Å². The van der Waals surface area contributed by atoms with Crippen LogP contribution in [0.2, 0.25) is 0 Å². The standard InChI is InChI=1S/C25H23N5O2S/c1-2-5-17(6-3-1)15-31-16-18-13-30(25-26-12-24-22(28-25)9-10-33-24)14-23(32-18)19-7-4-8-21-20(19)11-27-29-21/h1-12,18,23H,13-16H2,(H,27,29). The Kier molecular flexibility index (Phi) is 5.47. The van der Waals surface area contributed by atoms with Gasteiger partial charge < -0.3 is 14.4 Å². The molecule has 0 radical (unpaired) electrons. The molecule has 1 fully saturated rings. The summed E-state index contributed by atoms with van der Waals surface area (Å²) < 4.78 is 13.7. The number of aromatic amines is 1. The lowest BCUT2D eigenvalue weighted by Crippen LogP contribution is -2.46. The zero-order valence-corrected chi connectivity index (χ0v) is 18.7. The molecule has 166 valence electrons. The Morgan fingerprint density at radius 3 is 2.94 bits per heavy atom. The van der Waals surface area contributed by atoms with Crippen LogP contribution in [0.3, 0.4) is 0 Å². The summed E-state index contributed by atoms with van der Waals surface area (Å²) in [6.45, 7) is 2.38. The van der Waals surface area contributed by atoms with Gasteiger partial charge >= 0.3 is 0 Å². The van der Waals surface area contributed by atoms with Crippen molar-refractivity contribution in [2.75, 3.05) is 24.6 Å². The zero-order valence-electron chi connectivity index (χ0n) is 17.9. The Morgan fingerprint density at radius 2 is 2.00 bits per heavy atom. The highest BCUT2D eigenvalue weighted by atomic mass is 32.1. The number of H-pyrrole nitrogens is 1. The summed E-state index contributed by atoms with van der Waals surface area (Å²) in [5.41, 5.74) is 4.23. The minimum Gasteiger partial charge on any atom is -0.374 e. The van der Waals surface area contributed by atoms with Crippen LogP contribution in [-0.2, 0) is 16.1 Å². The van der Waals surface area contributed by atoms with Crippen molar-refractivity contribution in [1.82, 2.24) is 20.2 Å². The lowest BCUT2D eigenvalue weighted by Gasteiger charge is -2.38. The lowest BCUT2D eigenvalue weighted by molar-refractivity contribution is -0.0716. The third-order valence-electron chi connectivity index (χ3n) is 5.92. The highest BCUT2D eigenvalue weighted by Crippen LogP contribution is 2.32. The number of aromatic nitrogens is 4. The van der Waals surface area contributed by atoms with Crippen molar-refractivity contribution in [1.29, 1.82) is 0 Å². The summed E-state index contributed by atoms with van der Waals surface area (Å²) in [5, 5.41) is 10.4. The number of thiophene rings is 1. The number of hydrogen-bond donors (Lipinski definition) is 1. The monoisotopic (exact) mass is 457 g/mol. The second-order valence-corrected chi connectivity index (χ2v) is 9.12. The molecule has 5 aromatic rings. The molecule has 3 aromatic heterocycles. The minimum atomic E-state index is -0.146. The lowest BCUT2D eigenvalue weighted by atomic mass is 10.0. The predicted octanol–water partition coefficient (Wildman–Crippen LogP) is 4.73. The van der Waals surface area contributed by atoms with Gasteiger partial charge in [-0.15, -0.1) is 11.3 Å². The zero-order chi connectivity index (χ0) is 22.0. The Balaban J connectivity index is 1.27. The number of nitrogens with zero attached hydrogens (tertiary/aromatic N) is 4. The molecule has 4 heterocycles. The van der Waals surface area contributed by atoms with Crippen LogP contribution in [0.15, 0.2) is 72.4 Å². The Labute approximate surface area is 195 Å². The first kappa shape index (κ1) is 20.3. The summed E-state index contributed by atoms with van der Waals surface area (Å²) in [5.74, 6) is 0.724. The highest BCUT2D eigenvalue weighted by molar-refractivity contribution is 7.17. The molecule has 1 N–H and O–H groups in total. The Bertz CT molecular complexity index is 1370. The molecule has 7 nitrogen and oxygen atoms in total. The van der Waals surface area contributed by atoms with Crippen molar-refractivity contribution in [2.45, 2.75) is 18.8 Å². The van der Waals surface area contributed by atoms with E-state index in [9.17, 15) is 0 Å². The van der Waals surface area contributed by atoms with Crippen LogP contribution in [0, 0.1) is 0 Å². The van der Waals surface area contributed by atoms with E-state index in [2.05, 4.69) is 38.3 Å². The van der Waals surface area contributed by atoms with Crippen LogP contribution >= 0.6 is 11.3 Å². The highest BCUT2D eigenvalue weighted by Gasteiger charge is 2.31. The van der Waals surface area contributed by atoms with Crippen molar-refractivity contribution in [3.05, 3.63) is 83.5 Å². The van der Waals surface area contributed by atoms with Crippen molar-refractivity contribution in [3.63, 3.8) is 0 Å². The van der Waals surface area contributed by atoms with Crippen LogP contribution in [0.25, 0.3) is 21.1 Å². The summed E-state index contributed by atoms with van der Waals surface area (Å²) in [6.07, 6.45) is 3.51. The number of benzene rings is 2. The van der Waals surface area contributed by atoms with E-state index >= 15 is 0 Å². The van der Waals surface area contributed by atoms with E-state index in [0.29, 0.717) is 26.3 Å². The normalized spacial score (nSPS) is 18.8. The molecule has 8 heteroatoms. The van der Waals surface area contributed by atoms with E-state index in [0.717, 1.165) is 38.2 Å². The molecule has 0 amide bonds. The minimum absolute atomic E-state index is 0.114. The number of morpholine rings is 1. The van der Waals surface area contributed by atoms with Crippen LogP contribution < -0.4 is 4.90 Å². The van der Waals surface area contributed by atoms with E-state index in [1.165, 1.54) is 0 Å². The molecule has 1 aliphatic heterocycles. The fourth-order valence-electron chi connectivity index (χ4n) is 4.33. The van der Waals surface area contributed by atoms with Gasteiger partial charge in [0.15, 0.2) is 0 Å². The third kappa shape index (κ3) is 4.20. The van der Waals surface area contributed by atoms with Crippen molar-refractivity contribution >= 4 is 38.4 Å². The number of nitrogens with one attached hydrogen (secondary N) is 1. The topological polar surface area (TPSA) is 76.2 Å². The van der Waals surface area contributed by atoms with E-state index in [4.69, 9.17) is 14.5 Å². The quantitative estimate of drug-likeness (QED) is 0.397. The van der Waals surface area contributed by atoms with Crippen LogP contribution in [-0.4, -0.2) is 46.0 Å². The molecule has 0 aliphatic carbocycles. The van der Waals surface area contributed by atoms with Crippen molar-refractivity contribution < 1.29 is 9.47 Å².